The zero-order valence-electron chi connectivity index (χ0n) is 26.5. The van der Waals surface area contributed by atoms with Crippen LogP contribution in [0.4, 0.5) is 0 Å². The fourth-order valence-corrected chi connectivity index (χ4v) is 4.95. The summed E-state index contributed by atoms with van der Waals surface area (Å²) in [5.74, 6) is -0.436. The molecule has 0 saturated heterocycles. The lowest BCUT2D eigenvalue weighted by Gasteiger charge is -2.18. The molecular formula is C33H66N4O3. The van der Waals surface area contributed by atoms with Gasteiger partial charge in [-0.2, -0.15) is 0 Å². The molecule has 0 aliphatic rings. The Hall–Kier alpha value is -1.63. The van der Waals surface area contributed by atoms with Crippen LogP contribution in [0, 0.1) is 0 Å². The Morgan fingerprint density at radius 1 is 0.525 bits per heavy atom. The number of carbonyl (C=O) groups is 3. The summed E-state index contributed by atoms with van der Waals surface area (Å²) in [4.78, 5) is 37.4. The van der Waals surface area contributed by atoms with E-state index in [4.69, 9.17) is 5.73 Å². The number of rotatable bonds is 30. The van der Waals surface area contributed by atoms with Crippen LogP contribution in [0.1, 0.15) is 168 Å². The number of carbonyl (C=O) groups excluding carboxylic acids is 3. The lowest BCUT2D eigenvalue weighted by atomic mass is 10.1. The van der Waals surface area contributed by atoms with E-state index in [1.807, 2.05) is 0 Å². The maximum atomic E-state index is 12.8. The highest BCUT2D eigenvalue weighted by molar-refractivity contribution is 5.88. The summed E-state index contributed by atoms with van der Waals surface area (Å²) in [6.45, 7) is 6.21. The molecule has 0 bridgehead atoms. The van der Waals surface area contributed by atoms with Gasteiger partial charge in [0.1, 0.15) is 6.04 Å². The summed E-state index contributed by atoms with van der Waals surface area (Å²) < 4.78 is 0. The Balaban J connectivity index is 4.11. The van der Waals surface area contributed by atoms with Crippen LogP contribution in [0.15, 0.2) is 0 Å². The van der Waals surface area contributed by atoms with Crippen LogP contribution >= 0.6 is 0 Å². The number of amides is 3. The summed E-state index contributed by atoms with van der Waals surface area (Å²) in [5, 5.41) is 8.78. The minimum absolute atomic E-state index is 0.0559. The van der Waals surface area contributed by atoms with Gasteiger partial charge < -0.3 is 21.7 Å². The first-order valence-corrected chi connectivity index (χ1v) is 17.1. The molecule has 0 aliphatic carbocycles. The van der Waals surface area contributed by atoms with Gasteiger partial charge in [-0.25, -0.2) is 0 Å². The summed E-state index contributed by atoms with van der Waals surface area (Å²) in [6.07, 6.45) is 26.5. The van der Waals surface area contributed by atoms with Crippen molar-refractivity contribution in [2.24, 2.45) is 5.73 Å². The molecule has 0 saturated carbocycles. The van der Waals surface area contributed by atoms with Gasteiger partial charge in [0, 0.05) is 25.9 Å². The first-order chi connectivity index (χ1) is 19.5. The van der Waals surface area contributed by atoms with Crippen LogP contribution in [0.2, 0.25) is 0 Å². The molecule has 236 valence electrons. The van der Waals surface area contributed by atoms with Crippen molar-refractivity contribution in [2.75, 3.05) is 19.6 Å². The number of unbranched alkanes of at least 4 members (excludes halogenated alkanes) is 18. The Morgan fingerprint density at radius 2 is 0.950 bits per heavy atom. The van der Waals surface area contributed by atoms with E-state index in [1.54, 1.807) is 0 Å². The van der Waals surface area contributed by atoms with Gasteiger partial charge in [-0.15, -0.1) is 0 Å². The highest BCUT2D eigenvalue weighted by Crippen LogP contribution is 2.11. The first kappa shape index (κ1) is 38.4. The molecule has 3 amide bonds. The summed E-state index contributed by atoms with van der Waals surface area (Å²) >= 11 is 0. The van der Waals surface area contributed by atoms with E-state index in [1.165, 1.54) is 103 Å². The van der Waals surface area contributed by atoms with Crippen molar-refractivity contribution in [1.29, 1.82) is 0 Å². The number of nitrogens with two attached hydrogens (primary N) is 1. The van der Waals surface area contributed by atoms with Crippen molar-refractivity contribution in [2.45, 2.75) is 174 Å². The average molecular weight is 567 g/mol. The lowest BCUT2D eigenvalue weighted by molar-refractivity contribution is -0.129. The van der Waals surface area contributed by atoms with Crippen molar-refractivity contribution >= 4 is 17.7 Å². The van der Waals surface area contributed by atoms with Gasteiger partial charge in [0.15, 0.2) is 0 Å². The molecule has 0 aliphatic heterocycles. The van der Waals surface area contributed by atoms with Crippen LogP contribution in [0.25, 0.3) is 0 Å². The fourth-order valence-electron chi connectivity index (χ4n) is 4.95. The molecule has 0 unspecified atom stereocenters. The molecule has 5 N–H and O–H groups in total. The smallest absolute Gasteiger partial charge is 0.242 e. The minimum atomic E-state index is -0.684. The summed E-state index contributed by atoms with van der Waals surface area (Å²) in [7, 11) is 0. The predicted octanol–water partition coefficient (Wildman–Crippen LogP) is 7.06. The Morgan fingerprint density at radius 3 is 1.40 bits per heavy atom. The molecule has 0 heterocycles. The number of nitrogens with one attached hydrogen (secondary N) is 3. The van der Waals surface area contributed by atoms with Gasteiger partial charge >= 0.3 is 0 Å². The van der Waals surface area contributed by atoms with Crippen LogP contribution < -0.4 is 21.7 Å². The van der Waals surface area contributed by atoms with Crippen molar-refractivity contribution in [1.82, 2.24) is 16.0 Å². The number of hydrogen-bond donors (Lipinski definition) is 4. The summed E-state index contributed by atoms with van der Waals surface area (Å²) in [5.41, 5.74) is 5.52. The SMILES string of the molecule is CCCCCCCCCCCCNC(=O)CC[C@H](NC(=O)CCCN)C(=O)NCCCCCCCCCCCC. The predicted molar refractivity (Wildman–Crippen MR) is 169 cm³/mol. The van der Waals surface area contributed by atoms with Crippen LogP contribution in [0.5, 0.6) is 0 Å². The highest BCUT2D eigenvalue weighted by Gasteiger charge is 2.21. The molecular weight excluding hydrogens is 500 g/mol. The van der Waals surface area contributed by atoms with E-state index < -0.39 is 6.04 Å². The third-order valence-electron chi connectivity index (χ3n) is 7.60. The number of hydrogen-bond acceptors (Lipinski definition) is 4. The third-order valence-corrected chi connectivity index (χ3v) is 7.60. The van der Waals surface area contributed by atoms with Gasteiger partial charge in [-0.3, -0.25) is 14.4 Å². The molecule has 40 heavy (non-hydrogen) atoms. The first-order valence-electron chi connectivity index (χ1n) is 17.1. The molecule has 0 spiro atoms. The molecule has 7 nitrogen and oxygen atoms in total. The normalized spacial score (nSPS) is 11.8. The molecule has 0 aromatic heterocycles. The lowest BCUT2D eigenvalue weighted by Crippen LogP contribution is -2.47. The standard InChI is InChI=1S/C33H66N4O3/c1-3-5-7-9-11-13-15-17-19-21-28-35-31(38)26-25-30(37-32(39)24-23-27-34)33(40)36-29-22-20-18-16-14-12-10-8-6-4-2/h30H,3-29,34H2,1-2H3,(H,35,38)(H,36,40)(H,37,39)/t30-/m0/s1. The Labute approximate surface area is 247 Å². The minimum Gasteiger partial charge on any atom is -0.356 e. The van der Waals surface area contributed by atoms with Gasteiger partial charge in [0.2, 0.25) is 17.7 Å². The summed E-state index contributed by atoms with van der Waals surface area (Å²) in [6, 6.07) is -0.684. The van der Waals surface area contributed by atoms with E-state index in [9.17, 15) is 14.4 Å². The Kier molecular flexibility index (Phi) is 29.1. The monoisotopic (exact) mass is 567 g/mol. The van der Waals surface area contributed by atoms with Gasteiger partial charge in [0.25, 0.3) is 0 Å². The topological polar surface area (TPSA) is 113 Å². The maximum Gasteiger partial charge on any atom is 0.242 e. The molecule has 0 radical (unpaired) electrons. The van der Waals surface area contributed by atoms with E-state index >= 15 is 0 Å². The van der Waals surface area contributed by atoms with Gasteiger partial charge in [-0.1, -0.05) is 129 Å². The Bertz CT molecular complexity index is 600. The van der Waals surface area contributed by atoms with Crippen molar-refractivity contribution in [3.63, 3.8) is 0 Å². The van der Waals surface area contributed by atoms with Crippen LogP contribution in [-0.4, -0.2) is 43.4 Å². The zero-order chi connectivity index (χ0) is 29.5. The van der Waals surface area contributed by atoms with Crippen LogP contribution in [0.3, 0.4) is 0 Å². The van der Waals surface area contributed by atoms with E-state index in [0.717, 1.165) is 25.7 Å². The molecule has 0 rings (SSSR count). The molecule has 0 aromatic carbocycles. The van der Waals surface area contributed by atoms with Crippen molar-refractivity contribution in [3.8, 4) is 0 Å². The quantitative estimate of drug-likeness (QED) is 0.0697. The highest BCUT2D eigenvalue weighted by atomic mass is 16.2. The second-order valence-electron chi connectivity index (χ2n) is 11.6. The maximum absolute atomic E-state index is 12.8. The van der Waals surface area contributed by atoms with Crippen LogP contribution in [-0.2, 0) is 14.4 Å². The average Bonchev–Trinajstić information content (AvgIpc) is 2.95. The second kappa shape index (κ2) is 30.3. The van der Waals surface area contributed by atoms with Gasteiger partial charge in [0.05, 0.1) is 0 Å². The zero-order valence-corrected chi connectivity index (χ0v) is 26.5. The molecule has 7 heteroatoms. The van der Waals surface area contributed by atoms with Crippen molar-refractivity contribution < 1.29 is 14.4 Å². The van der Waals surface area contributed by atoms with E-state index in [-0.39, 0.29) is 24.1 Å². The van der Waals surface area contributed by atoms with Crippen molar-refractivity contribution in [3.05, 3.63) is 0 Å². The fraction of sp³-hybridized carbons (Fsp3) is 0.909. The molecule has 0 fully saturated rings. The molecule has 0 aromatic rings. The third kappa shape index (κ3) is 26.6. The van der Waals surface area contributed by atoms with E-state index in [2.05, 4.69) is 29.8 Å². The largest absolute Gasteiger partial charge is 0.356 e. The molecule has 1 atom stereocenters. The van der Waals surface area contributed by atoms with E-state index in [0.29, 0.717) is 38.9 Å². The van der Waals surface area contributed by atoms with Gasteiger partial charge in [-0.05, 0) is 32.2 Å². The second-order valence-corrected chi connectivity index (χ2v) is 11.6.